The van der Waals surface area contributed by atoms with Crippen LogP contribution < -0.4 is 0 Å². The van der Waals surface area contributed by atoms with Crippen molar-refractivity contribution in [3.05, 3.63) is 0 Å². The number of aliphatic carboxylic acids is 1. The summed E-state index contributed by atoms with van der Waals surface area (Å²) in [6.07, 6.45) is 1.34. The number of carbonyl (C=O) groups is 2. The van der Waals surface area contributed by atoms with Gasteiger partial charge >= 0.3 is 11.9 Å². The van der Waals surface area contributed by atoms with Crippen molar-refractivity contribution in [2.24, 2.45) is 16.7 Å². The molecule has 0 bridgehead atoms. The predicted molar refractivity (Wildman–Crippen MR) is 87.2 cm³/mol. The van der Waals surface area contributed by atoms with Gasteiger partial charge in [-0.1, -0.05) is 6.92 Å². The fourth-order valence-corrected chi connectivity index (χ4v) is 1.75. The summed E-state index contributed by atoms with van der Waals surface area (Å²) in [6, 6.07) is 0. The van der Waals surface area contributed by atoms with Crippen molar-refractivity contribution in [3.63, 3.8) is 0 Å². The maximum atomic E-state index is 11.5. The Hall–Kier alpha value is -1.14. The summed E-state index contributed by atoms with van der Waals surface area (Å²) in [5, 5.41) is 9.13. The molecule has 0 aliphatic carbocycles. The Kier molecular flexibility index (Phi) is 9.39. The van der Waals surface area contributed by atoms with Gasteiger partial charge in [0.2, 0.25) is 0 Å². The maximum absolute atomic E-state index is 11.5. The van der Waals surface area contributed by atoms with E-state index in [1.165, 1.54) is 7.11 Å². The Morgan fingerprint density at radius 1 is 1.04 bits per heavy atom. The van der Waals surface area contributed by atoms with Crippen LogP contribution in [0.1, 0.15) is 47.5 Å². The lowest BCUT2D eigenvalue weighted by Crippen LogP contribution is -2.34. The van der Waals surface area contributed by atoms with E-state index in [-0.39, 0.29) is 11.9 Å². The van der Waals surface area contributed by atoms with Crippen molar-refractivity contribution in [1.29, 1.82) is 0 Å². The Labute approximate surface area is 139 Å². The predicted octanol–water partition coefficient (Wildman–Crippen LogP) is 2.75. The highest BCUT2D eigenvalue weighted by Crippen LogP contribution is 2.27. The minimum Gasteiger partial charge on any atom is -0.481 e. The van der Waals surface area contributed by atoms with Gasteiger partial charge in [-0.2, -0.15) is 0 Å². The van der Waals surface area contributed by atoms with Gasteiger partial charge in [-0.05, 0) is 46.5 Å². The zero-order valence-corrected chi connectivity index (χ0v) is 15.3. The minimum absolute atomic E-state index is 0.0678. The number of ether oxygens (including phenoxy) is 3. The summed E-state index contributed by atoms with van der Waals surface area (Å²) >= 11 is 0. The second-order valence-corrected chi connectivity index (χ2v) is 7.09. The molecule has 1 unspecified atom stereocenters. The lowest BCUT2D eigenvalue weighted by Gasteiger charge is -2.26. The van der Waals surface area contributed by atoms with Crippen LogP contribution in [-0.4, -0.2) is 50.6 Å². The lowest BCUT2D eigenvalue weighted by atomic mass is 9.80. The Morgan fingerprint density at radius 3 is 2.13 bits per heavy atom. The normalized spacial score (nSPS) is 13.7. The fourth-order valence-electron chi connectivity index (χ4n) is 1.75. The highest BCUT2D eigenvalue weighted by atomic mass is 16.5. The van der Waals surface area contributed by atoms with Crippen molar-refractivity contribution in [2.75, 3.05) is 33.5 Å². The molecular weight excluding hydrogens is 300 g/mol. The molecule has 0 spiro atoms. The highest BCUT2D eigenvalue weighted by molar-refractivity contribution is 5.75. The molecule has 23 heavy (non-hydrogen) atoms. The van der Waals surface area contributed by atoms with Gasteiger partial charge in [-0.15, -0.1) is 0 Å². The molecule has 1 N–H and O–H groups in total. The van der Waals surface area contributed by atoms with Crippen LogP contribution >= 0.6 is 0 Å². The van der Waals surface area contributed by atoms with Crippen molar-refractivity contribution >= 4 is 11.9 Å². The molecule has 0 saturated carbocycles. The number of methoxy groups -OCH3 is 1. The summed E-state index contributed by atoms with van der Waals surface area (Å²) in [5.74, 6) is -1.12. The van der Waals surface area contributed by atoms with Crippen molar-refractivity contribution in [2.45, 2.75) is 47.5 Å². The van der Waals surface area contributed by atoms with Gasteiger partial charge in [-0.25, -0.2) is 0 Å². The third-order valence-electron chi connectivity index (χ3n) is 4.34. The fraction of sp³-hybridized carbons (Fsp3) is 0.882. The number of carbonyl (C=O) groups excluding carboxylic acids is 1. The molecule has 0 fully saturated rings. The second-order valence-electron chi connectivity index (χ2n) is 7.09. The molecule has 0 aliphatic heterocycles. The molecule has 0 aromatic heterocycles. The van der Waals surface area contributed by atoms with Crippen LogP contribution in [0, 0.1) is 16.7 Å². The van der Waals surface area contributed by atoms with Crippen molar-refractivity contribution < 1.29 is 28.9 Å². The third-order valence-corrected chi connectivity index (χ3v) is 4.34. The van der Waals surface area contributed by atoms with E-state index in [1.54, 1.807) is 13.8 Å². The van der Waals surface area contributed by atoms with Gasteiger partial charge < -0.3 is 19.3 Å². The molecule has 0 saturated heterocycles. The van der Waals surface area contributed by atoms with Gasteiger partial charge in [0.1, 0.15) is 0 Å². The van der Waals surface area contributed by atoms with Crippen LogP contribution in [0.25, 0.3) is 0 Å². The first kappa shape index (κ1) is 21.9. The summed E-state index contributed by atoms with van der Waals surface area (Å²) in [4.78, 5) is 22.6. The molecule has 0 aromatic carbocycles. The molecule has 6 heteroatoms. The van der Waals surface area contributed by atoms with E-state index >= 15 is 0 Å². The molecule has 0 aromatic rings. The van der Waals surface area contributed by atoms with Crippen molar-refractivity contribution in [1.82, 2.24) is 0 Å². The van der Waals surface area contributed by atoms with E-state index < -0.39 is 16.8 Å². The van der Waals surface area contributed by atoms with E-state index in [2.05, 4.69) is 0 Å². The van der Waals surface area contributed by atoms with Crippen LogP contribution in [0.5, 0.6) is 0 Å². The molecule has 0 radical (unpaired) electrons. The van der Waals surface area contributed by atoms with Gasteiger partial charge in [0, 0.05) is 19.8 Å². The average Bonchev–Trinajstić information content (AvgIpc) is 2.48. The largest absolute Gasteiger partial charge is 0.481 e. The number of carboxylic acid groups (broad SMARTS) is 1. The molecule has 0 rings (SSSR count). The minimum atomic E-state index is -0.815. The number of rotatable bonds is 12. The number of carboxylic acids is 1. The van der Waals surface area contributed by atoms with Gasteiger partial charge in [0.05, 0.1) is 24.5 Å². The molecule has 136 valence electrons. The van der Waals surface area contributed by atoms with Crippen LogP contribution in [0.4, 0.5) is 0 Å². The van der Waals surface area contributed by atoms with E-state index in [0.29, 0.717) is 32.8 Å². The number of hydrogen-bond donors (Lipinski definition) is 1. The quantitative estimate of drug-likeness (QED) is 0.437. The topological polar surface area (TPSA) is 82.1 Å². The monoisotopic (exact) mass is 332 g/mol. The highest BCUT2D eigenvalue weighted by Gasteiger charge is 2.33. The summed E-state index contributed by atoms with van der Waals surface area (Å²) in [5.41, 5.74) is -1.33. The lowest BCUT2D eigenvalue weighted by molar-refractivity contribution is -0.152. The Morgan fingerprint density at radius 2 is 1.61 bits per heavy atom. The van der Waals surface area contributed by atoms with Crippen LogP contribution in [0.2, 0.25) is 0 Å². The summed E-state index contributed by atoms with van der Waals surface area (Å²) < 4.78 is 15.7. The Bertz CT molecular complexity index is 375. The van der Waals surface area contributed by atoms with Crippen LogP contribution in [0.3, 0.4) is 0 Å². The molecule has 0 heterocycles. The maximum Gasteiger partial charge on any atom is 0.311 e. The third kappa shape index (κ3) is 7.79. The molecule has 6 nitrogen and oxygen atoms in total. The average molecular weight is 332 g/mol. The van der Waals surface area contributed by atoms with Gasteiger partial charge in [0.15, 0.2) is 0 Å². The first-order valence-electron chi connectivity index (χ1n) is 8.03. The summed E-state index contributed by atoms with van der Waals surface area (Å²) in [6.45, 7) is 10.9. The zero-order valence-electron chi connectivity index (χ0n) is 15.3. The standard InChI is InChI=1S/C17H32O6/c1-13(17(4,5)14(18)19)12-23-10-7-9-22-11-8-16(2,3)15(20)21-6/h13H,7-12H2,1-6H3,(H,18,19). The smallest absolute Gasteiger partial charge is 0.311 e. The number of esters is 1. The van der Waals surface area contributed by atoms with E-state index in [1.807, 2.05) is 20.8 Å². The molecule has 1 atom stereocenters. The summed E-state index contributed by atoms with van der Waals surface area (Å²) in [7, 11) is 1.38. The zero-order chi connectivity index (χ0) is 18.1. The van der Waals surface area contributed by atoms with Crippen molar-refractivity contribution in [3.8, 4) is 0 Å². The molecule has 0 amide bonds. The van der Waals surface area contributed by atoms with E-state index in [4.69, 9.17) is 19.3 Å². The van der Waals surface area contributed by atoms with Crippen LogP contribution in [0.15, 0.2) is 0 Å². The molecule has 0 aliphatic rings. The molecular formula is C17H32O6. The first-order chi connectivity index (χ1) is 10.6. The van der Waals surface area contributed by atoms with Gasteiger partial charge in [-0.3, -0.25) is 9.59 Å². The van der Waals surface area contributed by atoms with Crippen LogP contribution in [-0.2, 0) is 23.8 Å². The first-order valence-corrected chi connectivity index (χ1v) is 8.03. The van der Waals surface area contributed by atoms with E-state index in [9.17, 15) is 9.59 Å². The number of hydrogen-bond acceptors (Lipinski definition) is 5. The van der Waals surface area contributed by atoms with E-state index in [0.717, 1.165) is 6.42 Å². The SMILES string of the molecule is COC(=O)C(C)(C)CCOCCCOCC(C)C(C)(C)C(=O)O. The Balaban J connectivity index is 3.72. The second kappa shape index (κ2) is 9.88. The van der Waals surface area contributed by atoms with Gasteiger partial charge in [0.25, 0.3) is 0 Å².